The van der Waals surface area contributed by atoms with Gasteiger partial charge in [-0.25, -0.2) is 14.8 Å². The molecule has 0 aliphatic rings. The van der Waals surface area contributed by atoms with Crippen molar-refractivity contribution in [3.05, 3.63) is 52.0 Å². The molecule has 0 aliphatic carbocycles. The van der Waals surface area contributed by atoms with Crippen LogP contribution < -0.4 is 0 Å². The van der Waals surface area contributed by atoms with Gasteiger partial charge < -0.3 is 4.74 Å². The Kier molecular flexibility index (Phi) is 4.04. The minimum atomic E-state index is -0.516. The number of thiazole rings is 1. The molecule has 0 amide bonds. The number of hydrogen-bond acceptors (Lipinski definition) is 6. The first-order valence-corrected chi connectivity index (χ1v) is 7.78. The number of rotatable bonds is 3. The smallest absolute Gasteiger partial charge is 0.359 e. The van der Waals surface area contributed by atoms with E-state index < -0.39 is 12.1 Å². The molecule has 2 aromatic heterocycles. The normalized spacial score (nSPS) is 12.3. The van der Waals surface area contributed by atoms with E-state index in [0.29, 0.717) is 10.0 Å². The van der Waals surface area contributed by atoms with Crippen molar-refractivity contribution in [2.45, 2.75) is 20.0 Å². The molecule has 22 heavy (non-hydrogen) atoms. The van der Waals surface area contributed by atoms with E-state index in [4.69, 9.17) is 16.3 Å². The molecule has 0 fully saturated rings. The Morgan fingerprint density at radius 3 is 2.86 bits per heavy atom. The molecule has 0 spiro atoms. The zero-order chi connectivity index (χ0) is 15.7. The van der Waals surface area contributed by atoms with Crippen LogP contribution in [-0.2, 0) is 4.74 Å². The average molecular weight is 334 g/mol. The number of halogens is 1. The van der Waals surface area contributed by atoms with Gasteiger partial charge in [-0.3, -0.25) is 4.98 Å². The number of benzene rings is 1. The maximum absolute atomic E-state index is 12.0. The van der Waals surface area contributed by atoms with E-state index >= 15 is 0 Å². The van der Waals surface area contributed by atoms with Gasteiger partial charge in [0.05, 0.1) is 22.1 Å². The molecule has 7 heteroatoms. The summed E-state index contributed by atoms with van der Waals surface area (Å²) in [5, 5.41) is 1.34. The van der Waals surface area contributed by atoms with Crippen LogP contribution in [0.4, 0.5) is 0 Å². The number of esters is 1. The summed E-state index contributed by atoms with van der Waals surface area (Å²) >= 11 is 7.42. The maximum Gasteiger partial charge on any atom is 0.359 e. The molecule has 0 saturated heterocycles. The lowest BCUT2D eigenvalue weighted by Gasteiger charge is -2.09. The highest BCUT2D eigenvalue weighted by Gasteiger charge is 2.18. The Morgan fingerprint density at radius 2 is 2.14 bits per heavy atom. The van der Waals surface area contributed by atoms with Crippen LogP contribution >= 0.6 is 22.9 Å². The number of carbonyl (C=O) groups is 1. The van der Waals surface area contributed by atoms with Gasteiger partial charge in [-0.05, 0) is 32.0 Å². The fourth-order valence-corrected chi connectivity index (χ4v) is 2.96. The van der Waals surface area contributed by atoms with E-state index in [-0.39, 0.29) is 5.69 Å². The summed E-state index contributed by atoms with van der Waals surface area (Å²) in [6, 6.07) is 5.50. The van der Waals surface area contributed by atoms with E-state index in [1.54, 1.807) is 19.9 Å². The van der Waals surface area contributed by atoms with Crippen LogP contribution in [0, 0.1) is 6.92 Å². The SMILES string of the molecule is Cc1cnc(C(=O)O[C@H](C)c2nc3cc(Cl)ccc3s2)cn1. The standard InChI is InChI=1S/C15H12ClN3O2S/c1-8-6-18-12(7-17-8)15(20)21-9(2)14-19-11-5-10(16)3-4-13(11)22-14/h3-7,9H,1-2H3/t9-/m1/s1. The number of ether oxygens (including phenoxy) is 1. The highest BCUT2D eigenvalue weighted by Crippen LogP contribution is 2.30. The van der Waals surface area contributed by atoms with Crippen LogP contribution in [0.15, 0.2) is 30.6 Å². The minimum Gasteiger partial charge on any atom is -0.450 e. The lowest BCUT2D eigenvalue weighted by Crippen LogP contribution is -2.11. The molecule has 0 N–H and O–H groups in total. The van der Waals surface area contributed by atoms with E-state index in [0.717, 1.165) is 15.9 Å². The van der Waals surface area contributed by atoms with Gasteiger partial charge in [0.2, 0.25) is 0 Å². The summed E-state index contributed by atoms with van der Waals surface area (Å²) in [7, 11) is 0. The number of aryl methyl sites for hydroxylation is 1. The van der Waals surface area contributed by atoms with E-state index in [9.17, 15) is 4.79 Å². The van der Waals surface area contributed by atoms with Crippen LogP contribution in [-0.4, -0.2) is 20.9 Å². The topological polar surface area (TPSA) is 65.0 Å². The van der Waals surface area contributed by atoms with E-state index in [1.807, 2.05) is 12.1 Å². The molecule has 1 atom stereocenters. The zero-order valence-electron chi connectivity index (χ0n) is 11.9. The zero-order valence-corrected chi connectivity index (χ0v) is 13.5. The van der Waals surface area contributed by atoms with Crippen molar-refractivity contribution < 1.29 is 9.53 Å². The van der Waals surface area contributed by atoms with E-state index in [1.165, 1.54) is 23.7 Å². The van der Waals surface area contributed by atoms with E-state index in [2.05, 4.69) is 15.0 Å². The van der Waals surface area contributed by atoms with Crippen molar-refractivity contribution in [1.82, 2.24) is 15.0 Å². The lowest BCUT2D eigenvalue weighted by atomic mass is 10.3. The third-order valence-corrected chi connectivity index (χ3v) is 4.42. The predicted octanol–water partition coefficient (Wildman–Crippen LogP) is 3.97. The number of fused-ring (bicyclic) bond motifs is 1. The van der Waals surface area contributed by atoms with Gasteiger partial charge in [0.1, 0.15) is 5.01 Å². The largest absolute Gasteiger partial charge is 0.450 e. The number of carbonyl (C=O) groups excluding carboxylic acids is 1. The quantitative estimate of drug-likeness (QED) is 0.679. The van der Waals surface area contributed by atoms with Crippen molar-refractivity contribution >= 4 is 39.1 Å². The van der Waals surface area contributed by atoms with Gasteiger partial charge in [0.25, 0.3) is 0 Å². The Morgan fingerprint density at radius 1 is 1.32 bits per heavy atom. The third-order valence-electron chi connectivity index (χ3n) is 2.99. The van der Waals surface area contributed by atoms with Gasteiger partial charge in [0, 0.05) is 11.2 Å². The molecular weight excluding hydrogens is 322 g/mol. The summed E-state index contributed by atoms with van der Waals surface area (Å²) in [5.41, 5.74) is 1.72. The molecule has 2 heterocycles. The second-order valence-corrected chi connectivity index (χ2v) is 6.25. The second kappa shape index (κ2) is 5.98. The van der Waals surface area contributed by atoms with Crippen molar-refractivity contribution in [3.63, 3.8) is 0 Å². The molecule has 3 aromatic rings. The van der Waals surface area contributed by atoms with Crippen LogP contribution in [0.2, 0.25) is 5.02 Å². The average Bonchev–Trinajstić information content (AvgIpc) is 2.91. The van der Waals surface area contributed by atoms with Crippen molar-refractivity contribution in [2.75, 3.05) is 0 Å². The van der Waals surface area contributed by atoms with Crippen molar-refractivity contribution in [3.8, 4) is 0 Å². The number of aromatic nitrogens is 3. The molecule has 112 valence electrons. The summed E-state index contributed by atoms with van der Waals surface area (Å²) in [6.45, 7) is 3.58. The first kappa shape index (κ1) is 14.9. The molecule has 1 aromatic carbocycles. The molecule has 0 bridgehead atoms. The van der Waals surface area contributed by atoms with Gasteiger partial charge in [0.15, 0.2) is 11.8 Å². The molecule has 0 aliphatic heterocycles. The van der Waals surface area contributed by atoms with Crippen LogP contribution in [0.5, 0.6) is 0 Å². The van der Waals surface area contributed by atoms with Crippen LogP contribution in [0.3, 0.4) is 0 Å². The van der Waals surface area contributed by atoms with Crippen molar-refractivity contribution in [1.29, 1.82) is 0 Å². The van der Waals surface area contributed by atoms with Crippen molar-refractivity contribution in [2.24, 2.45) is 0 Å². The Bertz CT molecular complexity index is 832. The Hall–Kier alpha value is -2.05. The summed E-state index contributed by atoms with van der Waals surface area (Å²) in [6.07, 6.45) is 2.47. The Balaban J connectivity index is 1.79. The fourth-order valence-electron chi connectivity index (χ4n) is 1.86. The monoisotopic (exact) mass is 333 g/mol. The molecule has 0 saturated carbocycles. The first-order chi connectivity index (χ1) is 10.5. The first-order valence-electron chi connectivity index (χ1n) is 6.58. The van der Waals surface area contributed by atoms with Gasteiger partial charge >= 0.3 is 5.97 Å². The minimum absolute atomic E-state index is 0.182. The van der Waals surface area contributed by atoms with Crippen LogP contribution in [0.1, 0.15) is 34.2 Å². The lowest BCUT2D eigenvalue weighted by molar-refractivity contribution is 0.0330. The highest BCUT2D eigenvalue weighted by molar-refractivity contribution is 7.18. The summed E-state index contributed by atoms with van der Waals surface area (Å²) < 4.78 is 6.39. The highest BCUT2D eigenvalue weighted by atomic mass is 35.5. The third kappa shape index (κ3) is 3.08. The summed E-state index contributed by atoms with van der Waals surface area (Å²) in [4.78, 5) is 24.5. The van der Waals surface area contributed by atoms with Gasteiger partial charge in [-0.2, -0.15) is 0 Å². The number of hydrogen-bond donors (Lipinski definition) is 0. The van der Waals surface area contributed by atoms with Gasteiger partial charge in [-0.15, -0.1) is 11.3 Å². The predicted molar refractivity (Wildman–Crippen MR) is 85.2 cm³/mol. The van der Waals surface area contributed by atoms with Gasteiger partial charge in [-0.1, -0.05) is 11.6 Å². The number of nitrogens with zero attached hydrogens (tertiary/aromatic N) is 3. The summed E-state index contributed by atoms with van der Waals surface area (Å²) in [5.74, 6) is -0.516. The molecular formula is C15H12ClN3O2S. The fraction of sp³-hybridized carbons (Fsp3) is 0.200. The van der Waals surface area contributed by atoms with Crippen LogP contribution in [0.25, 0.3) is 10.2 Å². The molecule has 5 nitrogen and oxygen atoms in total. The molecule has 0 radical (unpaired) electrons. The molecule has 0 unspecified atom stereocenters. The molecule has 3 rings (SSSR count). The Labute approximate surface area is 136 Å². The second-order valence-electron chi connectivity index (χ2n) is 4.75. The maximum atomic E-state index is 12.0.